The molecule has 1 fully saturated rings. The van der Waals surface area contributed by atoms with E-state index in [9.17, 15) is 14.4 Å². The molecule has 1 N–H and O–H groups in total. The van der Waals surface area contributed by atoms with E-state index < -0.39 is 17.8 Å². The van der Waals surface area contributed by atoms with E-state index in [0.29, 0.717) is 19.6 Å². The molecule has 19 heavy (non-hydrogen) atoms. The van der Waals surface area contributed by atoms with Crippen LogP contribution in [0, 0.1) is 0 Å². The molecular formula is C11H13N3O5. The lowest BCUT2D eigenvalue weighted by atomic mass is 10.2. The zero-order valence-corrected chi connectivity index (χ0v) is 10.3. The van der Waals surface area contributed by atoms with Gasteiger partial charge in [0, 0.05) is 25.7 Å². The van der Waals surface area contributed by atoms with Gasteiger partial charge in [0.25, 0.3) is 0 Å². The minimum Gasteiger partial charge on any atom is -0.476 e. The molecule has 0 saturated carbocycles. The van der Waals surface area contributed by atoms with Crippen LogP contribution in [-0.4, -0.2) is 57.5 Å². The third-order valence-electron chi connectivity index (χ3n) is 2.90. The highest BCUT2D eigenvalue weighted by Gasteiger charge is 2.32. The average Bonchev–Trinajstić information content (AvgIpc) is 2.84. The molecule has 0 aliphatic carbocycles. The van der Waals surface area contributed by atoms with Crippen LogP contribution in [0.3, 0.4) is 0 Å². The van der Waals surface area contributed by atoms with Gasteiger partial charge >= 0.3 is 17.8 Å². The van der Waals surface area contributed by atoms with E-state index in [1.54, 1.807) is 6.92 Å². The smallest absolute Gasteiger partial charge is 0.358 e. The number of carboxylic acids is 1. The summed E-state index contributed by atoms with van der Waals surface area (Å²) in [5.41, 5.74) is -0.221. The van der Waals surface area contributed by atoms with Crippen molar-refractivity contribution >= 4 is 17.8 Å². The molecule has 1 aliphatic rings. The Morgan fingerprint density at radius 3 is 2.58 bits per heavy atom. The Labute approximate surface area is 108 Å². The molecular weight excluding hydrogens is 254 g/mol. The summed E-state index contributed by atoms with van der Waals surface area (Å²) in [5, 5.41) is 12.0. The molecule has 8 nitrogen and oxygen atoms in total. The number of carbonyl (C=O) groups is 3. The van der Waals surface area contributed by atoms with E-state index in [1.807, 2.05) is 0 Å². The van der Waals surface area contributed by atoms with Gasteiger partial charge in [-0.3, -0.25) is 9.59 Å². The SMILES string of the molecule is CCN1CCN(Cc2cc(C(=O)O)no2)C(=O)C1=O. The van der Waals surface area contributed by atoms with E-state index >= 15 is 0 Å². The standard InChI is InChI=1S/C11H13N3O5/c1-2-13-3-4-14(10(16)9(13)15)6-7-5-8(11(17)18)12-19-7/h5H,2-4,6H2,1H3,(H,17,18). The first kappa shape index (κ1) is 13.1. The fourth-order valence-electron chi connectivity index (χ4n) is 1.84. The number of nitrogens with zero attached hydrogens (tertiary/aromatic N) is 3. The first-order chi connectivity index (χ1) is 9.02. The van der Waals surface area contributed by atoms with Crippen LogP contribution in [0.4, 0.5) is 0 Å². The van der Waals surface area contributed by atoms with Gasteiger partial charge in [-0.15, -0.1) is 0 Å². The maximum atomic E-state index is 11.8. The topological polar surface area (TPSA) is 104 Å². The number of hydrogen-bond acceptors (Lipinski definition) is 5. The van der Waals surface area contributed by atoms with Gasteiger partial charge in [0.05, 0.1) is 6.54 Å². The summed E-state index contributed by atoms with van der Waals surface area (Å²) in [4.78, 5) is 36.9. The lowest BCUT2D eigenvalue weighted by Gasteiger charge is -2.32. The minimum atomic E-state index is -1.20. The molecule has 8 heteroatoms. The molecule has 0 spiro atoms. The lowest BCUT2D eigenvalue weighted by molar-refractivity contribution is -0.156. The highest BCUT2D eigenvalue weighted by atomic mass is 16.5. The second kappa shape index (κ2) is 5.09. The van der Waals surface area contributed by atoms with Crippen LogP contribution in [0.25, 0.3) is 0 Å². The molecule has 0 aromatic carbocycles. The van der Waals surface area contributed by atoms with Gasteiger partial charge in [0.2, 0.25) is 0 Å². The van der Waals surface area contributed by atoms with Crippen molar-refractivity contribution in [1.29, 1.82) is 0 Å². The molecule has 1 saturated heterocycles. The van der Waals surface area contributed by atoms with Crippen LogP contribution < -0.4 is 0 Å². The van der Waals surface area contributed by atoms with Crippen LogP contribution in [0.15, 0.2) is 10.6 Å². The summed E-state index contributed by atoms with van der Waals surface area (Å²) in [5.74, 6) is -2.12. The predicted octanol–water partition coefficient (Wildman–Crippen LogP) is -0.437. The Morgan fingerprint density at radius 1 is 1.37 bits per heavy atom. The van der Waals surface area contributed by atoms with E-state index in [0.717, 1.165) is 0 Å². The predicted molar refractivity (Wildman–Crippen MR) is 61.1 cm³/mol. The number of aromatic carboxylic acids is 1. The number of likely N-dealkylation sites (N-methyl/N-ethyl adjacent to an activating group) is 1. The molecule has 102 valence electrons. The van der Waals surface area contributed by atoms with Gasteiger partial charge in [-0.2, -0.15) is 0 Å². The van der Waals surface area contributed by atoms with Crippen LogP contribution in [0.5, 0.6) is 0 Å². The molecule has 0 atom stereocenters. The van der Waals surface area contributed by atoms with Crippen molar-refractivity contribution in [3.8, 4) is 0 Å². The number of hydrogen-bond donors (Lipinski definition) is 1. The summed E-state index contributed by atoms with van der Waals surface area (Å²) in [6.45, 7) is 3.19. The van der Waals surface area contributed by atoms with E-state index in [4.69, 9.17) is 9.63 Å². The van der Waals surface area contributed by atoms with Crippen LogP contribution >= 0.6 is 0 Å². The summed E-state index contributed by atoms with van der Waals surface area (Å²) < 4.78 is 4.82. The Morgan fingerprint density at radius 2 is 2.00 bits per heavy atom. The summed E-state index contributed by atoms with van der Waals surface area (Å²) in [6.07, 6.45) is 0. The highest BCUT2D eigenvalue weighted by molar-refractivity contribution is 6.35. The summed E-state index contributed by atoms with van der Waals surface area (Å²) in [7, 11) is 0. The maximum Gasteiger partial charge on any atom is 0.358 e. The molecule has 0 bridgehead atoms. The number of carboxylic acid groups (broad SMARTS) is 1. The summed E-state index contributed by atoms with van der Waals surface area (Å²) in [6, 6.07) is 1.24. The van der Waals surface area contributed by atoms with Crippen LogP contribution in [-0.2, 0) is 16.1 Å². The highest BCUT2D eigenvalue weighted by Crippen LogP contribution is 2.11. The number of aromatic nitrogens is 1. The normalized spacial score (nSPS) is 16.1. The maximum absolute atomic E-state index is 11.8. The van der Waals surface area contributed by atoms with Gasteiger partial charge in [0.1, 0.15) is 0 Å². The Kier molecular flexibility index (Phi) is 3.50. The molecule has 1 aromatic heterocycles. The second-order valence-corrected chi connectivity index (χ2v) is 4.10. The Hall–Kier alpha value is -2.38. The molecule has 0 unspecified atom stereocenters. The average molecular weight is 267 g/mol. The van der Waals surface area contributed by atoms with Crippen molar-refractivity contribution in [2.45, 2.75) is 13.5 Å². The largest absolute Gasteiger partial charge is 0.476 e. The number of rotatable bonds is 4. The van der Waals surface area contributed by atoms with E-state index in [2.05, 4.69) is 5.16 Å². The van der Waals surface area contributed by atoms with Gasteiger partial charge < -0.3 is 19.4 Å². The molecule has 1 aliphatic heterocycles. The second-order valence-electron chi connectivity index (χ2n) is 4.10. The monoisotopic (exact) mass is 267 g/mol. The van der Waals surface area contributed by atoms with Crippen molar-refractivity contribution in [3.63, 3.8) is 0 Å². The van der Waals surface area contributed by atoms with Crippen molar-refractivity contribution in [2.75, 3.05) is 19.6 Å². The van der Waals surface area contributed by atoms with Gasteiger partial charge in [0.15, 0.2) is 11.5 Å². The van der Waals surface area contributed by atoms with Gasteiger partial charge in [-0.1, -0.05) is 5.16 Å². The fraction of sp³-hybridized carbons (Fsp3) is 0.455. The van der Waals surface area contributed by atoms with Crippen molar-refractivity contribution in [1.82, 2.24) is 15.0 Å². The molecule has 2 heterocycles. The number of piperazine rings is 1. The van der Waals surface area contributed by atoms with Gasteiger partial charge in [-0.05, 0) is 6.92 Å². The van der Waals surface area contributed by atoms with Gasteiger partial charge in [-0.25, -0.2) is 4.79 Å². The third kappa shape index (κ3) is 2.56. The first-order valence-electron chi connectivity index (χ1n) is 5.80. The molecule has 0 radical (unpaired) electrons. The minimum absolute atomic E-state index is 0.0441. The van der Waals surface area contributed by atoms with Crippen LogP contribution in [0.2, 0.25) is 0 Å². The van der Waals surface area contributed by atoms with E-state index in [-0.39, 0.29) is 18.0 Å². The Balaban J connectivity index is 2.05. The molecule has 1 aromatic rings. The zero-order valence-electron chi connectivity index (χ0n) is 10.3. The number of amides is 2. The third-order valence-corrected chi connectivity index (χ3v) is 2.90. The number of carbonyl (C=O) groups excluding carboxylic acids is 2. The Bertz CT molecular complexity index is 524. The van der Waals surface area contributed by atoms with Crippen molar-refractivity contribution in [3.05, 3.63) is 17.5 Å². The van der Waals surface area contributed by atoms with E-state index in [1.165, 1.54) is 15.9 Å². The molecule has 2 amide bonds. The fourth-order valence-corrected chi connectivity index (χ4v) is 1.84. The van der Waals surface area contributed by atoms with Crippen LogP contribution in [0.1, 0.15) is 23.2 Å². The zero-order chi connectivity index (χ0) is 14.0. The van der Waals surface area contributed by atoms with Crippen molar-refractivity contribution in [2.24, 2.45) is 0 Å². The molecule has 2 rings (SSSR count). The quantitative estimate of drug-likeness (QED) is 0.742. The summed E-state index contributed by atoms with van der Waals surface area (Å²) >= 11 is 0. The lowest BCUT2D eigenvalue weighted by Crippen LogP contribution is -2.53. The first-order valence-corrected chi connectivity index (χ1v) is 5.80. The van der Waals surface area contributed by atoms with Crippen molar-refractivity contribution < 1.29 is 24.0 Å².